The molecule has 2 aromatic rings. The summed E-state index contributed by atoms with van der Waals surface area (Å²) >= 11 is 1.43. The minimum Gasteiger partial charge on any atom is -0.383 e. The first-order chi connectivity index (χ1) is 12.1. The van der Waals surface area contributed by atoms with Gasteiger partial charge in [0.15, 0.2) is 5.82 Å². The van der Waals surface area contributed by atoms with Crippen LogP contribution in [0.3, 0.4) is 0 Å². The highest BCUT2D eigenvalue weighted by atomic mass is 32.2. The van der Waals surface area contributed by atoms with Crippen LogP contribution in [-0.2, 0) is 14.3 Å². The van der Waals surface area contributed by atoms with Gasteiger partial charge in [-0.3, -0.25) is 9.59 Å². The zero-order valence-electron chi connectivity index (χ0n) is 14.2. The van der Waals surface area contributed by atoms with Crippen molar-refractivity contribution in [1.29, 1.82) is 0 Å². The number of nitrogens with zero attached hydrogens (tertiary/aromatic N) is 2. The zero-order valence-corrected chi connectivity index (χ0v) is 15.0. The second-order valence-corrected chi connectivity index (χ2v) is 6.33. The Kier molecular flexibility index (Phi) is 7.49. The Morgan fingerprint density at radius 1 is 1.32 bits per heavy atom. The number of amides is 2. The molecule has 0 fully saturated rings. The molecule has 0 aliphatic carbocycles. The molecule has 0 atom stereocenters. The van der Waals surface area contributed by atoms with Gasteiger partial charge in [-0.25, -0.2) is 0 Å². The number of methoxy groups -OCH3 is 1. The number of hydrogen-bond donors (Lipinski definition) is 1. The standard InChI is InChI=1S/C17H21N3O4S/c1-13-10-15(19-24-13)18-16(21)11-20(8-9-23-2)17(22)12-25-14-6-4-3-5-7-14/h3-7,10H,8-9,11-12H2,1-2H3,(H,18,19,21). The van der Waals surface area contributed by atoms with Crippen LogP contribution in [0.4, 0.5) is 5.82 Å². The Morgan fingerprint density at radius 3 is 2.72 bits per heavy atom. The van der Waals surface area contributed by atoms with Gasteiger partial charge in [0.25, 0.3) is 0 Å². The lowest BCUT2D eigenvalue weighted by molar-refractivity contribution is -0.133. The van der Waals surface area contributed by atoms with Gasteiger partial charge in [0.05, 0.1) is 12.4 Å². The Balaban J connectivity index is 1.89. The van der Waals surface area contributed by atoms with E-state index < -0.39 is 0 Å². The summed E-state index contributed by atoms with van der Waals surface area (Å²) in [7, 11) is 1.56. The van der Waals surface area contributed by atoms with Gasteiger partial charge in [0.2, 0.25) is 11.8 Å². The lowest BCUT2D eigenvalue weighted by Crippen LogP contribution is -2.41. The fraction of sp³-hybridized carbons (Fsp3) is 0.353. The van der Waals surface area contributed by atoms with Gasteiger partial charge in [-0.05, 0) is 19.1 Å². The van der Waals surface area contributed by atoms with Gasteiger partial charge in [0.1, 0.15) is 12.3 Å². The number of hydrogen-bond acceptors (Lipinski definition) is 6. The molecule has 0 saturated carbocycles. The van der Waals surface area contributed by atoms with E-state index in [0.29, 0.717) is 24.7 Å². The first-order valence-electron chi connectivity index (χ1n) is 7.76. The van der Waals surface area contributed by atoms with Gasteiger partial charge in [0, 0.05) is 24.6 Å². The van der Waals surface area contributed by atoms with E-state index in [1.54, 1.807) is 20.1 Å². The maximum atomic E-state index is 12.4. The predicted octanol–water partition coefficient (Wildman–Crippen LogP) is 2.19. The van der Waals surface area contributed by atoms with Crippen LogP contribution >= 0.6 is 11.8 Å². The highest BCUT2D eigenvalue weighted by Gasteiger charge is 2.18. The number of thioether (sulfide) groups is 1. The minimum absolute atomic E-state index is 0.0660. The molecule has 0 unspecified atom stereocenters. The summed E-state index contributed by atoms with van der Waals surface area (Å²) < 4.78 is 9.93. The van der Waals surface area contributed by atoms with Crippen molar-refractivity contribution >= 4 is 29.4 Å². The summed E-state index contributed by atoms with van der Waals surface area (Å²) in [6, 6.07) is 11.3. The predicted molar refractivity (Wildman–Crippen MR) is 95.5 cm³/mol. The highest BCUT2D eigenvalue weighted by molar-refractivity contribution is 8.00. The van der Waals surface area contributed by atoms with Crippen molar-refractivity contribution in [3.8, 4) is 0 Å². The normalized spacial score (nSPS) is 10.5. The molecular weight excluding hydrogens is 342 g/mol. The molecule has 1 aromatic heterocycles. The molecule has 0 aliphatic rings. The molecule has 0 saturated heterocycles. The molecule has 1 heterocycles. The van der Waals surface area contributed by atoms with E-state index in [2.05, 4.69) is 10.5 Å². The highest BCUT2D eigenvalue weighted by Crippen LogP contribution is 2.17. The van der Waals surface area contributed by atoms with Crippen molar-refractivity contribution in [2.24, 2.45) is 0 Å². The van der Waals surface area contributed by atoms with E-state index in [0.717, 1.165) is 4.90 Å². The van der Waals surface area contributed by atoms with Crippen LogP contribution in [-0.4, -0.2) is 54.4 Å². The Hall–Kier alpha value is -2.32. The Bertz CT molecular complexity index is 690. The first-order valence-corrected chi connectivity index (χ1v) is 8.75. The van der Waals surface area contributed by atoms with Crippen molar-refractivity contribution in [3.05, 3.63) is 42.2 Å². The van der Waals surface area contributed by atoms with Crippen LogP contribution < -0.4 is 5.32 Å². The summed E-state index contributed by atoms with van der Waals surface area (Å²) in [5.74, 6) is 0.728. The molecule has 0 bridgehead atoms. The van der Waals surface area contributed by atoms with Crippen LogP contribution in [0.2, 0.25) is 0 Å². The number of ether oxygens (including phenoxy) is 1. The summed E-state index contributed by atoms with van der Waals surface area (Å²) in [6.07, 6.45) is 0. The molecule has 8 heteroatoms. The second kappa shape index (κ2) is 9.85. The van der Waals surface area contributed by atoms with Crippen molar-refractivity contribution < 1.29 is 18.8 Å². The number of carbonyl (C=O) groups excluding carboxylic acids is 2. The third kappa shape index (κ3) is 6.60. The van der Waals surface area contributed by atoms with E-state index in [1.807, 2.05) is 30.3 Å². The van der Waals surface area contributed by atoms with Gasteiger partial charge < -0.3 is 19.5 Å². The smallest absolute Gasteiger partial charge is 0.245 e. The van der Waals surface area contributed by atoms with E-state index >= 15 is 0 Å². The fourth-order valence-electron chi connectivity index (χ4n) is 2.03. The summed E-state index contributed by atoms with van der Waals surface area (Å²) in [6.45, 7) is 2.37. The fourth-order valence-corrected chi connectivity index (χ4v) is 2.85. The second-order valence-electron chi connectivity index (χ2n) is 5.28. The average Bonchev–Trinajstić information content (AvgIpc) is 3.02. The molecule has 0 aliphatic heterocycles. The van der Waals surface area contributed by atoms with Crippen LogP contribution in [0.1, 0.15) is 5.76 Å². The van der Waals surface area contributed by atoms with Crippen LogP contribution in [0, 0.1) is 6.92 Å². The van der Waals surface area contributed by atoms with Crippen LogP contribution in [0.25, 0.3) is 0 Å². The van der Waals surface area contributed by atoms with Crippen molar-refractivity contribution in [3.63, 3.8) is 0 Å². The largest absolute Gasteiger partial charge is 0.383 e. The third-order valence-corrected chi connectivity index (χ3v) is 4.25. The lowest BCUT2D eigenvalue weighted by Gasteiger charge is -2.21. The molecule has 134 valence electrons. The molecule has 25 heavy (non-hydrogen) atoms. The van der Waals surface area contributed by atoms with Gasteiger partial charge in [-0.1, -0.05) is 23.4 Å². The number of carbonyl (C=O) groups is 2. The molecule has 2 amide bonds. The third-order valence-electron chi connectivity index (χ3n) is 3.25. The number of aryl methyl sites for hydroxylation is 1. The summed E-state index contributed by atoms with van der Waals surface area (Å²) in [5, 5.41) is 6.32. The van der Waals surface area contributed by atoms with E-state index in [-0.39, 0.29) is 24.1 Å². The van der Waals surface area contributed by atoms with Crippen molar-refractivity contribution in [2.75, 3.05) is 37.9 Å². The molecule has 0 radical (unpaired) electrons. The minimum atomic E-state index is -0.331. The van der Waals surface area contributed by atoms with Crippen molar-refractivity contribution in [2.45, 2.75) is 11.8 Å². The van der Waals surface area contributed by atoms with Gasteiger partial charge in [-0.2, -0.15) is 0 Å². The topological polar surface area (TPSA) is 84.7 Å². The monoisotopic (exact) mass is 363 g/mol. The lowest BCUT2D eigenvalue weighted by atomic mass is 10.4. The van der Waals surface area contributed by atoms with E-state index in [1.165, 1.54) is 16.7 Å². The average molecular weight is 363 g/mol. The SMILES string of the molecule is COCCN(CC(=O)Nc1cc(C)on1)C(=O)CSc1ccccc1. The quantitative estimate of drug-likeness (QED) is 0.688. The molecule has 7 nitrogen and oxygen atoms in total. The maximum Gasteiger partial charge on any atom is 0.245 e. The molecular formula is C17H21N3O4S. The molecule has 1 aromatic carbocycles. The maximum absolute atomic E-state index is 12.4. The summed E-state index contributed by atoms with van der Waals surface area (Å²) in [5.41, 5.74) is 0. The van der Waals surface area contributed by atoms with Crippen LogP contribution in [0.15, 0.2) is 45.8 Å². The number of anilines is 1. The van der Waals surface area contributed by atoms with Gasteiger partial charge in [-0.15, -0.1) is 11.8 Å². The Morgan fingerprint density at radius 2 is 2.08 bits per heavy atom. The molecule has 0 spiro atoms. The van der Waals surface area contributed by atoms with Crippen LogP contribution in [0.5, 0.6) is 0 Å². The van der Waals surface area contributed by atoms with Gasteiger partial charge >= 0.3 is 0 Å². The number of benzene rings is 1. The number of rotatable bonds is 9. The van der Waals surface area contributed by atoms with E-state index in [4.69, 9.17) is 9.26 Å². The Labute approximate surface area is 150 Å². The molecule has 2 rings (SSSR count). The van der Waals surface area contributed by atoms with Crippen molar-refractivity contribution in [1.82, 2.24) is 10.1 Å². The van der Waals surface area contributed by atoms with E-state index in [9.17, 15) is 9.59 Å². The number of nitrogens with one attached hydrogen (secondary N) is 1. The zero-order chi connectivity index (χ0) is 18.1. The first kappa shape index (κ1) is 19.0. The molecule has 1 N–H and O–H groups in total. The number of aromatic nitrogens is 1. The summed E-state index contributed by atoms with van der Waals surface area (Å²) in [4.78, 5) is 27.1.